The fraction of sp³-hybridized carbons (Fsp3) is 0.682. The van der Waals surface area contributed by atoms with Gasteiger partial charge in [-0.3, -0.25) is 0 Å². The molecule has 178 valence electrons. The third-order valence-corrected chi connectivity index (χ3v) is 8.67. The van der Waals surface area contributed by atoms with E-state index in [1.165, 1.54) is 0 Å². The Morgan fingerprint density at radius 1 is 1.09 bits per heavy atom. The quantitative estimate of drug-likeness (QED) is 0.598. The number of piperidine rings is 1. The minimum Gasteiger partial charge on any atom is -0.376 e. The zero-order valence-corrected chi connectivity index (χ0v) is 20.5. The first-order valence-corrected chi connectivity index (χ1v) is 13.5. The van der Waals surface area contributed by atoms with Crippen molar-refractivity contribution in [3.05, 3.63) is 18.2 Å². The number of sulfonamides is 1. The lowest BCUT2D eigenvalue weighted by Gasteiger charge is -2.35. The van der Waals surface area contributed by atoms with Crippen molar-refractivity contribution in [3.63, 3.8) is 0 Å². The standard InChI is InChI=1S/C22H35N5O3S2/c1-25-11-13-26(14-12-25)21-8-7-19(32(28,29)27-9-3-2-4-10-27)16-20(21)24-22(31)23-17-18-6-5-15-30-18/h7-8,16,18H,2-6,9-15,17H2,1H3,(H2,23,24,31). The summed E-state index contributed by atoms with van der Waals surface area (Å²) in [5.41, 5.74) is 1.72. The Bertz CT molecular complexity index is 891. The van der Waals surface area contributed by atoms with Gasteiger partial charge in [0.2, 0.25) is 10.0 Å². The van der Waals surface area contributed by atoms with Gasteiger partial charge in [-0.1, -0.05) is 6.42 Å². The van der Waals surface area contributed by atoms with Crippen molar-refractivity contribution < 1.29 is 13.2 Å². The highest BCUT2D eigenvalue weighted by Gasteiger charge is 2.28. The van der Waals surface area contributed by atoms with E-state index in [1.54, 1.807) is 16.4 Å². The van der Waals surface area contributed by atoms with E-state index in [4.69, 9.17) is 17.0 Å². The first kappa shape index (κ1) is 23.7. The number of nitrogens with zero attached hydrogens (tertiary/aromatic N) is 3. The van der Waals surface area contributed by atoms with E-state index in [0.717, 1.165) is 76.3 Å². The van der Waals surface area contributed by atoms with Crippen LogP contribution in [0.3, 0.4) is 0 Å². The summed E-state index contributed by atoms with van der Waals surface area (Å²) in [5, 5.41) is 7.01. The first-order chi connectivity index (χ1) is 15.4. The molecule has 1 unspecified atom stereocenters. The summed E-state index contributed by atoms with van der Waals surface area (Å²) in [6.45, 7) is 6.35. The number of benzene rings is 1. The van der Waals surface area contributed by atoms with E-state index in [2.05, 4.69) is 27.5 Å². The molecule has 0 saturated carbocycles. The number of piperazine rings is 1. The number of likely N-dealkylation sites (N-methyl/N-ethyl adjacent to an activating group) is 1. The molecule has 3 aliphatic heterocycles. The second kappa shape index (κ2) is 10.6. The van der Waals surface area contributed by atoms with E-state index in [1.807, 2.05) is 6.07 Å². The predicted molar refractivity (Wildman–Crippen MR) is 132 cm³/mol. The molecule has 0 amide bonds. The van der Waals surface area contributed by atoms with Gasteiger partial charge < -0.3 is 25.2 Å². The second-order valence-corrected chi connectivity index (χ2v) is 11.3. The zero-order valence-electron chi connectivity index (χ0n) is 18.9. The SMILES string of the molecule is CN1CCN(c2ccc(S(=O)(=O)N3CCCCC3)cc2NC(=S)NCC2CCCO2)CC1. The molecule has 1 aromatic rings. The monoisotopic (exact) mass is 481 g/mol. The van der Waals surface area contributed by atoms with Gasteiger partial charge in [-0.2, -0.15) is 4.31 Å². The molecule has 0 spiro atoms. The number of thiocarbonyl (C=S) groups is 1. The van der Waals surface area contributed by atoms with Crippen LogP contribution in [0.15, 0.2) is 23.1 Å². The summed E-state index contributed by atoms with van der Waals surface area (Å²) < 4.78 is 33.8. The van der Waals surface area contributed by atoms with Crippen LogP contribution in [0.5, 0.6) is 0 Å². The molecule has 3 fully saturated rings. The molecule has 8 nitrogen and oxygen atoms in total. The maximum absolute atomic E-state index is 13.3. The lowest BCUT2D eigenvalue weighted by Crippen LogP contribution is -2.45. The minimum absolute atomic E-state index is 0.178. The molecule has 0 aliphatic carbocycles. The maximum Gasteiger partial charge on any atom is 0.243 e. The highest BCUT2D eigenvalue weighted by atomic mass is 32.2. The van der Waals surface area contributed by atoms with Gasteiger partial charge >= 0.3 is 0 Å². The molecule has 3 saturated heterocycles. The molecule has 1 atom stereocenters. The number of anilines is 2. The van der Waals surface area contributed by atoms with Crippen LogP contribution in [0.2, 0.25) is 0 Å². The average molecular weight is 482 g/mol. The fourth-order valence-electron chi connectivity index (χ4n) is 4.53. The largest absolute Gasteiger partial charge is 0.376 e. The summed E-state index contributed by atoms with van der Waals surface area (Å²) in [4.78, 5) is 4.91. The summed E-state index contributed by atoms with van der Waals surface area (Å²) in [7, 11) is -1.40. The van der Waals surface area contributed by atoms with E-state index < -0.39 is 10.0 Å². The van der Waals surface area contributed by atoms with Gasteiger partial charge in [0.05, 0.1) is 22.4 Å². The van der Waals surface area contributed by atoms with Crippen LogP contribution in [0.1, 0.15) is 32.1 Å². The Hall–Kier alpha value is -1.46. The van der Waals surface area contributed by atoms with Gasteiger partial charge in [0, 0.05) is 52.4 Å². The number of rotatable bonds is 6. The van der Waals surface area contributed by atoms with Gasteiger partial charge in [0.25, 0.3) is 0 Å². The molecule has 32 heavy (non-hydrogen) atoms. The molecule has 2 N–H and O–H groups in total. The van der Waals surface area contributed by atoms with Crippen molar-refractivity contribution in [2.45, 2.75) is 43.1 Å². The third-order valence-electron chi connectivity index (χ3n) is 6.53. The number of hydrogen-bond donors (Lipinski definition) is 2. The highest BCUT2D eigenvalue weighted by molar-refractivity contribution is 7.89. The molecule has 1 aromatic carbocycles. The Balaban J connectivity index is 1.54. The van der Waals surface area contributed by atoms with Gasteiger partial charge in [-0.25, -0.2) is 8.42 Å². The molecule has 3 heterocycles. The molecule has 3 aliphatic rings. The lowest BCUT2D eigenvalue weighted by atomic mass is 10.2. The van der Waals surface area contributed by atoms with Gasteiger partial charge in [-0.05, 0) is 63.1 Å². The highest BCUT2D eigenvalue weighted by Crippen LogP contribution is 2.31. The first-order valence-electron chi connectivity index (χ1n) is 11.7. The molecular formula is C22H35N5O3S2. The normalized spacial score (nSPS) is 23.3. The summed E-state index contributed by atoms with van der Waals surface area (Å²) >= 11 is 5.55. The summed E-state index contributed by atoms with van der Waals surface area (Å²) in [6.07, 6.45) is 5.22. The molecule has 10 heteroatoms. The van der Waals surface area contributed by atoms with Crippen LogP contribution in [0.4, 0.5) is 11.4 Å². The van der Waals surface area contributed by atoms with E-state index in [9.17, 15) is 8.42 Å². The van der Waals surface area contributed by atoms with Crippen molar-refractivity contribution in [1.82, 2.24) is 14.5 Å². The average Bonchev–Trinajstić information content (AvgIpc) is 3.33. The van der Waals surface area contributed by atoms with Crippen LogP contribution in [0.25, 0.3) is 0 Å². The summed E-state index contributed by atoms with van der Waals surface area (Å²) in [5.74, 6) is 0. The lowest BCUT2D eigenvalue weighted by molar-refractivity contribution is 0.114. The smallest absolute Gasteiger partial charge is 0.243 e. The Morgan fingerprint density at radius 3 is 2.53 bits per heavy atom. The van der Waals surface area contributed by atoms with Crippen molar-refractivity contribution >= 4 is 38.7 Å². The van der Waals surface area contributed by atoms with Gasteiger partial charge in [0.1, 0.15) is 0 Å². The third kappa shape index (κ3) is 5.72. The second-order valence-electron chi connectivity index (χ2n) is 8.90. The van der Waals surface area contributed by atoms with E-state index >= 15 is 0 Å². The maximum atomic E-state index is 13.3. The topological polar surface area (TPSA) is 77.2 Å². The Morgan fingerprint density at radius 2 is 1.84 bits per heavy atom. The minimum atomic E-state index is -3.52. The van der Waals surface area contributed by atoms with Crippen molar-refractivity contribution in [3.8, 4) is 0 Å². The van der Waals surface area contributed by atoms with Gasteiger partial charge in [0.15, 0.2) is 5.11 Å². The van der Waals surface area contributed by atoms with E-state index in [0.29, 0.717) is 29.6 Å². The van der Waals surface area contributed by atoms with Crippen LogP contribution >= 0.6 is 12.2 Å². The molecule has 0 bridgehead atoms. The number of hydrogen-bond acceptors (Lipinski definition) is 6. The Kier molecular flexibility index (Phi) is 7.88. The number of ether oxygens (including phenoxy) is 1. The summed E-state index contributed by atoms with van der Waals surface area (Å²) in [6, 6.07) is 5.41. The van der Waals surface area contributed by atoms with Crippen LogP contribution in [-0.4, -0.2) is 88.3 Å². The Labute approximate surface area is 197 Å². The molecule has 4 rings (SSSR count). The van der Waals surface area contributed by atoms with Crippen molar-refractivity contribution in [2.24, 2.45) is 0 Å². The van der Waals surface area contributed by atoms with Gasteiger partial charge in [-0.15, -0.1) is 0 Å². The molecular weight excluding hydrogens is 446 g/mol. The van der Waals surface area contributed by atoms with E-state index in [-0.39, 0.29) is 6.10 Å². The zero-order chi connectivity index (χ0) is 22.6. The van der Waals surface area contributed by atoms with Crippen molar-refractivity contribution in [2.75, 3.05) is 69.7 Å². The fourth-order valence-corrected chi connectivity index (χ4v) is 6.27. The number of nitrogens with one attached hydrogen (secondary N) is 2. The van der Waals surface area contributed by atoms with Crippen LogP contribution < -0.4 is 15.5 Å². The van der Waals surface area contributed by atoms with Crippen LogP contribution in [-0.2, 0) is 14.8 Å². The molecule has 0 aromatic heterocycles. The van der Waals surface area contributed by atoms with Crippen molar-refractivity contribution in [1.29, 1.82) is 0 Å². The predicted octanol–water partition coefficient (Wildman–Crippen LogP) is 2.08. The molecule has 0 radical (unpaired) electrons. The van der Waals surface area contributed by atoms with Crippen LogP contribution in [0, 0.1) is 0 Å².